The minimum atomic E-state index is -0.805. The van der Waals surface area contributed by atoms with E-state index in [1.165, 1.54) is 0 Å². The van der Waals surface area contributed by atoms with Gasteiger partial charge in [-0.05, 0) is 39.2 Å². The average Bonchev–Trinajstić information content (AvgIpc) is 2.79. The molecule has 1 heterocycles. The third-order valence-electron chi connectivity index (χ3n) is 3.83. The summed E-state index contributed by atoms with van der Waals surface area (Å²) in [6.45, 7) is 9.47. The van der Waals surface area contributed by atoms with E-state index in [-0.39, 0.29) is 12.6 Å². The molecule has 6 nitrogen and oxygen atoms in total. The minimum Gasteiger partial charge on any atom is -0.388 e. The van der Waals surface area contributed by atoms with Crippen molar-refractivity contribution in [2.75, 3.05) is 13.1 Å². The van der Waals surface area contributed by atoms with Crippen molar-refractivity contribution in [3.8, 4) is 0 Å². The minimum absolute atomic E-state index is 0.233. The number of urea groups is 1. The van der Waals surface area contributed by atoms with Crippen LogP contribution in [0.3, 0.4) is 0 Å². The highest BCUT2D eigenvalue weighted by molar-refractivity contribution is 5.73. The molecule has 0 fully saturated rings. The van der Waals surface area contributed by atoms with Gasteiger partial charge in [-0.15, -0.1) is 0 Å². The molecule has 0 unspecified atom stereocenters. The Morgan fingerprint density at radius 1 is 1.33 bits per heavy atom. The number of amides is 2. The van der Waals surface area contributed by atoms with Crippen LogP contribution in [0.1, 0.15) is 44.5 Å². The summed E-state index contributed by atoms with van der Waals surface area (Å²) >= 11 is 0. The maximum absolute atomic E-state index is 11.6. The van der Waals surface area contributed by atoms with Gasteiger partial charge < -0.3 is 15.7 Å². The van der Waals surface area contributed by atoms with Crippen LogP contribution in [-0.2, 0) is 6.54 Å². The summed E-state index contributed by atoms with van der Waals surface area (Å²) < 4.78 is 1.95. The zero-order valence-corrected chi connectivity index (χ0v) is 13.6. The van der Waals surface area contributed by atoms with Gasteiger partial charge in [-0.3, -0.25) is 4.68 Å². The fourth-order valence-electron chi connectivity index (χ4n) is 2.14. The number of rotatable bonds is 8. The SMILES string of the molecule is CCC(O)(CC)CNC(=O)NCCCn1nc(C)cc1C. The van der Waals surface area contributed by atoms with E-state index < -0.39 is 5.60 Å². The molecule has 1 rings (SSSR count). The molecule has 21 heavy (non-hydrogen) atoms. The topological polar surface area (TPSA) is 79.2 Å². The molecule has 120 valence electrons. The first-order valence-corrected chi connectivity index (χ1v) is 7.65. The van der Waals surface area contributed by atoms with Gasteiger partial charge in [0.25, 0.3) is 0 Å². The Balaban J connectivity index is 2.21. The summed E-state index contributed by atoms with van der Waals surface area (Å²) in [5.41, 5.74) is 1.34. The summed E-state index contributed by atoms with van der Waals surface area (Å²) in [6, 6.07) is 1.81. The van der Waals surface area contributed by atoms with Gasteiger partial charge in [-0.2, -0.15) is 5.10 Å². The zero-order valence-electron chi connectivity index (χ0n) is 13.6. The molecule has 1 aromatic rings. The van der Waals surface area contributed by atoms with Gasteiger partial charge in [-0.1, -0.05) is 13.8 Å². The van der Waals surface area contributed by atoms with Gasteiger partial charge in [0.2, 0.25) is 0 Å². The van der Waals surface area contributed by atoms with Crippen molar-refractivity contribution in [2.45, 2.75) is 59.1 Å². The second kappa shape index (κ2) is 8.02. The van der Waals surface area contributed by atoms with Crippen LogP contribution in [0, 0.1) is 13.8 Å². The number of aryl methyl sites for hydroxylation is 3. The molecule has 6 heteroatoms. The molecular formula is C15H28N4O2. The van der Waals surface area contributed by atoms with Crippen LogP contribution in [0.25, 0.3) is 0 Å². The highest BCUT2D eigenvalue weighted by atomic mass is 16.3. The molecule has 3 N–H and O–H groups in total. The van der Waals surface area contributed by atoms with Crippen LogP contribution in [0.15, 0.2) is 6.07 Å². The lowest BCUT2D eigenvalue weighted by Crippen LogP contribution is -2.46. The van der Waals surface area contributed by atoms with E-state index in [0.29, 0.717) is 19.4 Å². The van der Waals surface area contributed by atoms with E-state index >= 15 is 0 Å². The van der Waals surface area contributed by atoms with Gasteiger partial charge in [0.15, 0.2) is 0 Å². The predicted octanol–water partition coefficient (Wildman–Crippen LogP) is 1.74. The van der Waals surface area contributed by atoms with Crippen LogP contribution in [0.4, 0.5) is 4.79 Å². The van der Waals surface area contributed by atoms with E-state index in [1.54, 1.807) is 0 Å². The number of nitrogens with one attached hydrogen (secondary N) is 2. The van der Waals surface area contributed by atoms with E-state index in [9.17, 15) is 9.90 Å². The Kier molecular flexibility index (Phi) is 6.68. The van der Waals surface area contributed by atoms with Crippen molar-refractivity contribution in [3.05, 3.63) is 17.5 Å². The third-order valence-corrected chi connectivity index (χ3v) is 3.83. The van der Waals surface area contributed by atoms with Crippen molar-refractivity contribution in [2.24, 2.45) is 0 Å². The second-order valence-electron chi connectivity index (χ2n) is 5.54. The maximum atomic E-state index is 11.6. The van der Waals surface area contributed by atoms with Crippen LogP contribution < -0.4 is 10.6 Å². The monoisotopic (exact) mass is 296 g/mol. The van der Waals surface area contributed by atoms with E-state index in [2.05, 4.69) is 15.7 Å². The van der Waals surface area contributed by atoms with E-state index in [0.717, 1.165) is 24.4 Å². The van der Waals surface area contributed by atoms with E-state index in [1.807, 2.05) is 38.4 Å². The highest BCUT2D eigenvalue weighted by Gasteiger charge is 2.22. The molecule has 1 aromatic heterocycles. The van der Waals surface area contributed by atoms with Gasteiger partial charge >= 0.3 is 6.03 Å². The summed E-state index contributed by atoms with van der Waals surface area (Å²) in [4.78, 5) is 11.6. The summed E-state index contributed by atoms with van der Waals surface area (Å²) in [5, 5.41) is 20.0. The zero-order chi connectivity index (χ0) is 15.9. The van der Waals surface area contributed by atoms with Crippen molar-refractivity contribution in [1.82, 2.24) is 20.4 Å². The molecular weight excluding hydrogens is 268 g/mol. The Morgan fingerprint density at radius 2 is 2.00 bits per heavy atom. The van der Waals surface area contributed by atoms with Crippen molar-refractivity contribution < 1.29 is 9.90 Å². The molecule has 2 amide bonds. The smallest absolute Gasteiger partial charge is 0.314 e. The van der Waals surface area contributed by atoms with Crippen LogP contribution in [-0.4, -0.2) is 39.6 Å². The number of aliphatic hydroxyl groups is 1. The highest BCUT2D eigenvalue weighted by Crippen LogP contribution is 2.12. The molecule has 0 spiro atoms. The predicted molar refractivity (Wildman–Crippen MR) is 83.3 cm³/mol. The molecule has 0 atom stereocenters. The molecule has 0 aliphatic rings. The van der Waals surface area contributed by atoms with Gasteiger partial charge in [0.05, 0.1) is 11.3 Å². The fourth-order valence-corrected chi connectivity index (χ4v) is 2.14. The van der Waals surface area contributed by atoms with Crippen molar-refractivity contribution >= 4 is 6.03 Å². The average molecular weight is 296 g/mol. The van der Waals surface area contributed by atoms with Gasteiger partial charge in [0.1, 0.15) is 0 Å². The molecule has 0 saturated carbocycles. The van der Waals surface area contributed by atoms with Crippen molar-refractivity contribution in [3.63, 3.8) is 0 Å². The first-order chi connectivity index (χ1) is 9.90. The largest absolute Gasteiger partial charge is 0.388 e. The summed E-state index contributed by atoms with van der Waals surface area (Å²) in [7, 11) is 0. The summed E-state index contributed by atoms with van der Waals surface area (Å²) in [5.74, 6) is 0. The molecule has 0 radical (unpaired) electrons. The van der Waals surface area contributed by atoms with Gasteiger partial charge in [-0.25, -0.2) is 4.79 Å². The molecule has 0 saturated heterocycles. The lowest BCUT2D eigenvalue weighted by atomic mass is 9.98. The number of carbonyl (C=O) groups excluding carboxylic acids is 1. The Hall–Kier alpha value is -1.56. The normalized spacial score (nSPS) is 11.5. The Labute approximate surface area is 126 Å². The first kappa shape index (κ1) is 17.5. The van der Waals surface area contributed by atoms with Crippen molar-refractivity contribution in [1.29, 1.82) is 0 Å². The molecule has 0 aliphatic heterocycles. The third kappa shape index (κ3) is 5.75. The van der Waals surface area contributed by atoms with E-state index in [4.69, 9.17) is 0 Å². The quantitative estimate of drug-likeness (QED) is 0.639. The first-order valence-electron chi connectivity index (χ1n) is 7.65. The summed E-state index contributed by atoms with van der Waals surface area (Å²) in [6.07, 6.45) is 2.07. The molecule has 0 bridgehead atoms. The Bertz CT molecular complexity index is 453. The number of hydrogen-bond donors (Lipinski definition) is 3. The number of aromatic nitrogens is 2. The second-order valence-corrected chi connectivity index (χ2v) is 5.54. The Morgan fingerprint density at radius 3 is 2.52 bits per heavy atom. The molecule has 0 aromatic carbocycles. The lowest BCUT2D eigenvalue weighted by Gasteiger charge is -2.25. The van der Waals surface area contributed by atoms with Crippen LogP contribution in [0.5, 0.6) is 0 Å². The number of nitrogens with zero attached hydrogens (tertiary/aromatic N) is 2. The lowest BCUT2D eigenvalue weighted by molar-refractivity contribution is 0.0349. The van der Waals surface area contributed by atoms with Crippen LogP contribution >= 0.6 is 0 Å². The molecule has 0 aliphatic carbocycles. The van der Waals surface area contributed by atoms with Crippen LogP contribution in [0.2, 0.25) is 0 Å². The maximum Gasteiger partial charge on any atom is 0.314 e. The number of carbonyl (C=O) groups is 1. The van der Waals surface area contributed by atoms with Gasteiger partial charge in [0, 0.05) is 25.3 Å². The standard InChI is InChI=1S/C15H28N4O2/c1-5-15(21,6-2)11-17-14(20)16-8-7-9-19-13(4)10-12(3)18-19/h10,21H,5-9,11H2,1-4H3,(H2,16,17,20). The number of hydrogen-bond acceptors (Lipinski definition) is 3. The fraction of sp³-hybridized carbons (Fsp3) is 0.733.